The highest BCUT2D eigenvalue weighted by Gasteiger charge is 2.59. The molecule has 0 bridgehead atoms. The van der Waals surface area contributed by atoms with E-state index in [0.29, 0.717) is 18.2 Å². The van der Waals surface area contributed by atoms with Crippen LogP contribution in [0, 0.1) is 12.8 Å². The molecule has 4 rings (SSSR count). The molecule has 0 aromatic carbocycles. The zero-order valence-corrected chi connectivity index (χ0v) is 10.4. The van der Waals surface area contributed by atoms with Gasteiger partial charge in [0.1, 0.15) is 0 Å². The first-order valence-electron chi connectivity index (χ1n) is 6.73. The standard InChI is InChI=1S/C13H18N2O3/c1-6-9-10-7(5-8(16)11(10)17)13(3-2-4-13)14-12(9)18-15-6/h7-8,10-11,14,16-17H,2-5H2,1H3/t7-,8-,10+,11-/m0/s1. The van der Waals surface area contributed by atoms with Gasteiger partial charge in [-0.3, -0.25) is 0 Å². The second kappa shape index (κ2) is 3.27. The van der Waals surface area contributed by atoms with Crippen LogP contribution in [0.4, 0.5) is 5.88 Å². The predicted molar refractivity (Wildman–Crippen MR) is 64.3 cm³/mol. The lowest BCUT2D eigenvalue weighted by Gasteiger charge is -2.51. The number of aliphatic hydroxyl groups excluding tert-OH is 2. The number of rotatable bonds is 0. The van der Waals surface area contributed by atoms with Gasteiger partial charge < -0.3 is 20.1 Å². The Hall–Kier alpha value is -1.07. The van der Waals surface area contributed by atoms with Gasteiger partial charge in [-0.1, -0.05) is 5.16 Å². The molecule has 1 aromatic heterocycles. The lowest BCUT2D eigenvalue weighted by molar-refractivity contribution is 0.0337. The van der Waals surface area contributed by atoms with Gasteiger partial charge >= 0.3 is 0 Å². The number of nitrogens with one attached hydrogen (secondary N) is 1. The fraction of sp³-hybridized carbons (Fsp3) is 0.769. The summed E-state index contributed by atoms with van der Waals surface area (Å²) in [6.07, 6.45) is 2.74. The van der Waals surface area contributed by atoms with Crippen LogP contribution in [-0.2, 0) is 0 Å². The highest BCUT2D eigenvalue weighted by atomic mass is 16.5. The van der Waals surface area contributed by atoms with Crippen molar-refractivity contribution in [3.8, 4) is 0 Å². The molecule has 5 nitrogen and oxygen atoms in total. The molecule has 2 saturated carbocycles. The summed E-state index contributed by atoms with van der Waals surface area (Å²) in [4.78, 5) is 0. The fourth-order valence-corrected chi connectivity index (χ4v) is 4.20. The van der Waals surface area contributed by atoms with Crippen molar-refractivity contribution < 1.29 is 14.7 Å². The van der Waals surface area contributed by atoms with Gasteiger partial charge in [0.2, 0.25) is 5.88 Å². The summed E-state index contributed by atoms with van der Waals surface area (Å²) in [7, 11) is 0. The third-order valence-electron chi connectivity index (χ3n) is 5.25. The molecule has 98 valence electrons. The van der Waals surface area contributed by atoms with Crippen LogP contribution < -0.4 is 5.32 Å². The molecule has 0 amide bonds. The Bertz CT molecular complexity index is 494. The molecule has 0 unspecified atom stereocenters. The van der Waals surface area contributed by atoms with Gasteiger partial charge in [0, 0.05) is 17.0 Å². The second-order valence-corrected chi connectivity index (χ2v) is 6.07. The highest BCUT2D eigenvalue weighted by Crippen LogP contribution is 2.58. The number of anilines is 1. The summed E-state index contributed by atoms with van der Waals surface area (Å²) in [5.74, 6) is 0.978. The van der Waals surface area contributed by atoms with E-state index in [1.54, 1.807) is 0 Å². The minimum Gasteiger partial charge on any atom is -0.390 e. The van der Waals surface area contributed by atoms with Gasteiger partial charge in [-0.05, 0) is 38.5 Å². The average molecular weight is 250 g/mol. The largest absolute Gasteiger partial charge is 0.390 e. The smallest absolute Gasteiger partial charge is 0.228 e. The third-order valence-corrected chi connectivity index (χ3v) is 5.25. The van der Waals surface area contributed by atoms with Crippen LogP contribution in [0.5, 0.6) is 0 Å². The average Bonchev–Trinajstić information content (AvgIpc) is 2.79. The number of aryl methyl sites for hydroxylation is 1. The Balaban J connectivity index is 1.86. The van der Waals surface area contributed by atoms with Crippen molar-refractivity contribution in [2.24, 2.45) is 5.92 Å². The molecular weight excluding hydrogens is 232 g/mol. The number of nitrogens with zero attached hydrogens (tertiary/aromatic N) is 1. The molecule has 18 heavy (non-hydrogen) atoms. The quantitative estimate of drug-likeness (QED) is 0.644. The van der Waals surface area contributed by atoms with E-state index in [9.17, 15) is 10.2 Å². The zero-order valence-electron chi connectivity index (χ0n) is 10.4. The van der Waals surface area contributed by atoms with E-state index in [1.807, 2.05) is 6.92 Å². The molecule has 2 heterocycles. The van der Waals surface area contributed by atoms with Crippen LogP contribution >= 0.6 is 0 Å². The molecule has 2 aliphatic carbocycles. The summed E-state index contributed by atoms with van der Waals surface area (Å²) in [5, 5.41) is 27.8. The van der Waals surface area contributed by atoms with E-state index < -0.39 is 12.2 Å². The summed E-state index contributed by atoms with van der Waals surface area (Å²) >= 11 is 0. The SMILES string of the molecule is Cc1noc2c1[C@@H]1[C@@H](O)[C@@H](O)C[C@@H]1C1(CCC1)N2. The number of hydrogen-bond acceptors (Lipinski definition) is 5. The second-order valence-electron chi connectivity index (χ2n) is 6.07. The lowest BCUT2D eigenvalue weighted by atomic mass is 9.61. The number of hydrogen-bond donors (Lipinski definition) is 3. The van der Waals surface area contributed by atoms with Crippen molar-refractivity contribution in [3.05, 3.63) is 11.3 Å². The predicted octanol–water partition coefficient (Wildman–Crippen LogP) is 1.16. The molecule has 1 spiro atoms. The summed E-state index contributed by atoms with van der Waals surface area (Å²) in [5.41, 5.74) is 1.82. The normalized spacial score (nSPS) is 39.9. The van der Waals surface area contributed by atoms with E-state index in [-0.39, 0.29) is 11.5 Å². The van der Waals surface area contributed by atoms with Gasteiger partial charge in [0.25, 0.3) is 0 Å². The number of aromatic nitrogens is 1. The summed E-state index contributed by atoms with van der Waals surface area (Å²) < 4.78 is 5.36. The molecule has 1 aliphatic heterocycles. The molecule has 1 aromatic rings. The fourth-order valence-electron chi connectivity index (χ4n) is 4.20. The van der Waals surface area contributed by atoms with Crippen molar-refractivity contribution >= 4 is 5.88 Å². The molecule has 0 saturated heterocycles. The highest BCUT2D eigenvalue weighted by molar-refractivity contribution is 5.54. The first-order valence-corrected chi connectivity index (χ1v) is 6.73. The van der Waals surface area contributed by atoms with Crippen molar-refractivity contribution in [2.75, 3.05) is 5.32 Å². The van der Waals surface area contributed by atoms with Crippen LogP contribution in [0.2, 0.25) is 0 Å². The number of aliphatic hydroxyl groups is 2. The maximum absolute atomic E-state index is 10.3. The minimum absolute atomic E-state index is 0.0160. The topological polar surface area (TPSA) is 78.5 Å². The minimum atomic E-state index is -0.688. The van der Waals surface area contributed by atoms with E-state index in [4.69, 9.17) is 4.52 Å². The maximum Gasteiger partial charge on any atom is 0.228 e. The molecule has 3 aliphatic rings. The van der Waals surface area contributed by atoms with Gasteiger partial charge in [-0.25, -0.2) is 0 Å². The molecule has 5 heteroatoms. The van der Waals surface area contributed by atoms with Crippen LogP contribution in [-0.4, -0.2) is 33.1 Å². The van der Waals surface area contributed by atoms with Crippen LogP contribution in [0.25, 0.3) is 0 Å². The maximum atomic E-state index is 10.3. The monoisotopic (exact) mass is 250 g/mol. The molecule has 3 N–H and O–H groups in total. The third kappa shape index (κ3) is 1.12. The molecule has 2 fully saturated rings. The van der Waals surface area contributed by atoms with Gasteiger partial charge in [0.15, 0.2) is 0 Å². The van der Waals surface area contributed by atoms with E-state index >= 15 is 0 Å². The first kappa shape index (κ1) is 10.8. The zero-order chi connectivity index (χ0) is 12.5. The van der Waals surface area contributed by atoms with Crippen molar-refractivity contribution in [1.29, 1.82) is 0 Å². The Labute approximate surface area is 105 Å². The summed E-state index contributed by atoms with van der Waals surface area (Å²) in [6.45, 7) is 1.90. The summed E-state index contributed by atoms with van der Waals surface area (Å²) in [6, 6.07) is 0. The Morgan fingerprint density at radius 2 is 2.17 bits per heavy atom. The Kier molecular flexibility index (Phi) is 1.97. The van der Waals surface area contributed by atoms with Crippen molar-refractivity contribution in [1.82, 2.24) is 5.16 Å². The van der Waals surface area contributed by atoms with E-state index in [0.717, 1.165) is 24.1 Å². The van der Waals surface area contributed by atoms with E-state index in [1.165, 1.54) is 6.42 Å². The number of fused-ring (bicyclic) bond motifs is 4. The molecular formula is C13H18N2O3. The Morgan fingerprint density at radius 1 is 1.39 bits per heavy atom. The lowest BCUT2D eigenvalue weighted by Crippen LogP contribution is -2.55. The van der Waals surface area contributed by atoms with Crippen LogP contribution in [0.1, 0.15) is 42.9 Å². The Morgan fingerprint density at radius 3 is 2.83 bits per heavy atom. The molecule has 0 radical (unpaired) electrons. The van der Waals surface area contributed by atoms with Gasteiger partial charge in [0.05, 0.1) is 17.9 Å². The van der Waals surface area contributed by atoms with E-state index in [2.05, 4.69) is 10.5 Å². The van der Waals surface area contributed by atoms with Crippen molar-refractivity contribution in [3.63, 3.8) is 0 Å². The van der Waals surface area contributed by atoms with Crippen LogP contribution in [0.3, 0.4) is 0 Å². The van der Waals surface area contributed by atoms with Gasteiger partial charge in [-0.2, -0.15) is 0 Å². The van der Waals surface area contributed by atoms with Gasteiger partial charge in [-0.15, -0.1) is 0 Å². The first-order chi connectivity index (χ1) is 8.62. The molecule has 4 atom stereocenters. The van der Waals surface area contributed by atoms with Crippen LogP contribution in [0.15, 0.2) is 4.52 Å². The van der Waals surface area contributed by atoms with Crippen molar-refractivity contribution in [2.45, 2.75) is 56.3 Å².